The van der Waals surface area contributed by atoms with Gasteiger partial charge in [0, 0.05) is 7.05 Å². The summed E-state index contributed by atoms with van der Waals surface area (Å²) in [6, 6.07) is 0. The summed E-state index contributed by atoms with van der Waals surface area (Å²) in [5.41, 5.74) is 1.43. The molecule has 0 N–H and O–H groups in total. The monoisotopic (exact) mass is 180 g/mol. The third-order valence-electron chi connectivity index (χ3n) is 2.19. The van der Waals surface area contributed by atoms with Crippen molar-refractivity contribution >= 4 is 11.6 Å². The lowest BCUT2D eigenvalue weighted by Crippen LogP contribution is -2.16. The molecule has 1 rings (SSSR count). The Balaban J connectivity index is 2.47. The second kappa shape index (κ2) is 4.21. The molecule has 1 heterocycles. The van der Waals surface area contributed by atoms with Crippen LogP contribution in [0.4, 0.5) is 0 Å². The van der Waals surface area contributed by atoms with Gasteiger partial charge in [-0.2, -0.15) is 5.10 Å². The smallest absolute Gasteiger partial charge is 0.267 e. The normalized spacial score (nSPS) is 16.8. The van der Waals surface area contributed by atoms with E-state index in [0.717, 1.165) is 18.6 Å². The van der Waals surface area contributed by atoms with Crippen LogP contribution in [-0.2, 0) is 4.79 Å². The quantitative estimate of drug-likeness (QED) is 0.480. The molecule has 72 valence electrons. The van der Waals surface area contributed by atoms with E-state index in [1.54, 1.807) is 7.05 Å². The molecule has 3 nitrogen and oxygen atoms in total. The molecule has 0 fully saturated rings. The Morgan fingerprint density at radius 2 is 2.15 bits per heavy atom. The highest BCUT2D eigenvalue weighted by Crippen LogP contribution is 2.15. The van der Waals surface area contributed by atoms with Gasteiger partial charge < -0.3 is 0 Å². The van der Waals surface area contributed by atoms with Gasteiger partial charge in [0.05, 0.1) is 11.3 Å². The molecule has 0 atom stereocenters. The van der Waals surface area contributed by atoms with Gasteiger partial charge in [-0.25, -0.2) is 5.01 Å². The van der Waals surface area contributed by atoms with Gasteiger partial charge in [0.15, 0.2) is 0 Å². The number of hydrogen-bond acceptors (Lipinski definition) is 2. The third kappa shape index (κ3) is 2.17. The van der Waals surface area contributed by atoms with E-state index in [4.69, 9.17) is 0 Å². The van der Waals surface area contributed by atoms with Crippen molar-refractivity contribution in [2.24, 2.45) is 5.10 Å². The van der Waals surface area contributed by atoms with Crippen LogP contribution in [0.3, 0.4) is 0 Å². The van der Waals surface area contributed by atoms with Crippen LogP contribution in [0.2, 0.25) is 0 Å². The molecule has 0 aromatic carbocycles. The van der Waals surface area contributed by atoms with Gasteiger partial charge in [-0.05, 0) is 12.8 Å². The Labute approximate surface area is 79.1 Å². The summed E-state index contributed by atoms with van der Waals surface area (Å²) in [5, 5.41) is 5.49. The number of likely N-dealkylation sites (N-methyl/N-ethyl adjacent to an activating group) is 1. The van der Waals surface area contributed by atoms with Crippen LogP contribution in [0.1, 0.15) is 32.6 Å². The minimum atomic E-state index is -0.0634. The molecular formula is C10H16N2O. The lowest BCUT2D eigenvalue weighted by molar-refractivity contribution is -0.124. The van der Waals surface area contributed by atoms with Crippen LogP contribution in [0.5, 0.6) is 0 Å². The molecule has 1 aliphatic rings. The molecule has 0 bridgehead atoms. The van der Waals surface area contributed by atoms with Crippen molar-refractivity contribution in [2.75, 3.05) is 7.05 Å². The number of amides is 1. The van der Waals surface area contributed by atoms with Crippen LogP contribution >= 0.6 is 0 Å². The zero-order valence-corrected chi connectivity index (χ0v) is 8.34. The van der Waals surface area contributed by atoms with Gasteiger partial charge in [-0.3, -0.25) is 4.79 Å². The van der Waals surface area contributed by atoms with Gasteiger partial charge in [-0.15, -0.1) is 0 Å². The van der Waals surface area contributed by atoms with Crippen LogP contribution < -0.4 is 0 Å². The average Bonchev–Trinajstić information content (AvgIpc) is 2.34. The predicted octanol–water partition coefficient (Wildman–Crippen LogP) is 1.95. The first kappa shape index (κ1) is 9.96. The van der Waals surface area contributed by atoms with Crippen molar-refractivity contribution in [1.29, 1.82) is 0 Å². The van der Waals surface area contributed by atoms with E-state index in [1.165, 1.54) is 17.9 Å². The van der Waals surface area contributed by atoms with Crippen LogP contribution in [-0.4, -0.2) is 23.7 Å². The summed E-state index contributed by atoms with van der Waals surface area (Å²) in [4.78, 5) is 11.3. The third-order valence-corrected chi connectivity index (χ3v) is 2.19. The van der Waals surface area contributed by atoms with Crippen LogP contribution in [0.15, 0.2) is 17.3 Å². The zero-order valence-electron chi connectivity index (χ0n) is 8.34. The SMILES string of the molecule is C=C1C(=O)N(C)N=C1CCCCC. The Hall–Kier alpha value is -1.12. The number of hydrogen-bond donors (Lipinski definition) is 0. The summed E-state index contributed by atoms with van der Waals surface area (Å²) >= 11 is 0. The van der Waals surface area contributed by atoms with Crippen molar-refractivity contribution in [3.05, 3.63) is 12.2 Å². The number of hydrazone groups is 1. The highest BCUT2D eigenvalue weighted by Gasteiger charge is 2.24. The van der Waals surface area contributed by atoms with Crippen molar-refractivity contribution in [1.82, 2.24) is 5.01 Å². The standard InChI is InChI=1S/C10H16N2O/c1-4-5-6-7-9-8(2)10(13)12(3)11-9/h2,4-7H2,1,3H3. The summed E-state index contributed by atoms with van der Waals surface area (Å²) < 4.78 is 0. The van der Waals surface area contributed by atoms with Crippen LogP contribution in [0.25, 0.3) is 0 Å². The Bertz CT molecular complexity index is 256. The molecule has 1 amide bonds. The number of carbonyl (C=O) groups excluding carboxylic acids is 1. The van der Waals surface area contributed by atoms with Crippen molar-refractivity contribution < 1.29 is 4.79 Å². The summed E-state index contributed by atoms with van der Waals surface area (Å²) in [6.07, 6.45) is 4.34. The number of unbranched alkanes of at least 4 members (excludes halogenated alkanes) is 2. The maximum atomic E-state index is 11.3. The first-order valence-corrected chi connectivity index (χ1v) is 4.71. The average molecular weight is 180 g/mol. The molecule has 1 aliphatic heterocycles. The van der Waals surface area contributed by atoms with E-state index in [0.29, 0.717) is 5.57 Å². The minimum Gasteiger partial charge on any atom is -0.267 e. The molecule has 0 radical (unpaired) electrons. The fourth-order valence-corrected chi connectivity index (χ4v) is 1.35. The van der Waals surface area contributed by atoms with Crippen molar-refractivity contribution in [3.63, 3.8) is 0 Å². The number of carbonyl (C=O) groups is 1. The Morgan fingerprint density at radius 3 is 2.62 bits per heavy atom. The topological polar surface area (TPSA) is 32.7 Å². The summed E-state index contributed by atoms with van der Waals surface area (Å²) in [5.74, 6) is -0.0634. The second-order valence-corrected chi connectivity index (χ2v) is 3.31. The van der Waals surface area contributed by atoms with E-state index < -0.39 is 0 Å². The molecule has 0 spiro atoms. The molecule has 0 aliphatic carbocycles. The first-order valence-electron chi connectivity index (χ1n) is 4.71. The van der Waals surface area contributed by atoms with E-state index in [-0.39, 0.29) is 5.91 Å². The van der Waals surface area contributed by atoms with Crippen molar-refractivity contribution in [2.45, 2.75) is 32.6 Å². The Kier molecular flexibility index (Phi) is 3.23. The van der Waals surface area contributed by atoms with Crippen molar-refractivity contribution in [3.8, 4) is 0 Å². The van der Waals surface area contributed by atoms with Gasteiger partial charge in [0.1, 0.15) is 0 Å². The van der Waals surface area contributed by atoms with E-state index in [2.05, 4.69) is 18.6 Å². The predicted molar refractivity (Wildman–Crippen MR) is 53.5 cm³/mol. The summed E-state index contributed by atoms with van der Waals surface area (Å²) in [6.45, 7) is 5.88. The first-order chi connectivity index (χ1) is 6.16. The Morgan fingerprint density at radius 1 is 1.46 bits per heavy atom. The van der Waals surface area contributed by atoms with Gasteiger partial charge in [0.2, 0.25) is 0 Å². The highest BCUT2D eigenvalue weighted by atomic mass is 16.2. The molecule has 0 unspecified atom stereocenters. The van der Waals surface area contributed by atoms with Gasteiger partial charge in [0.25, 0.3) is 5.91 Å². The van der Waals surface area contributed by atoms with Crippen LogP contribution in [0, 0.1) is 0 Å². The molecular weight excluding hydrogens is 164 g/mol. The fraction of sp³-hybridized carbons (Fsp3) is 0.600. The fourth-order valence-electron chi connectivity index (χ4n) is 1.35. The molecule has 0 saturated heterocycles. The van der Waals surface area contributed by atoms with Gasteiger partial charge >= 0.3 is 0 Å². The lowest BCUT2D eigenvalue weighted by Gasteiger charge is -1.99. The second-order valence-electron chi connectivity index (χ2n) is 3.31. The largest absolute Gasteiger partial charge is 0.275 e. The van der Waals surface area contributed by atoms with E-state index in [9.17, 15) is 4.79 Å². The number of rotatable bonds is 4. The van der Waals surface area contributed by atoms with Gasteiger partial charge in [-0.1, -0.05) is 26.3 Å². The maximum absolute atomic E-state index is 11.3. The number of nitrogens with zero attached hydrogens (tertiary/aromatic N) is 2. The molecule has 13 heavy (non-hydrogen) atoms. The molecule has 0 aromatic heterocycles. The molecule has 3 heteroatoms. The minimum absolute atomic E-state index is 0.0634. The lowest BCUT2D eigenvalue weighted by atomic mass is 10.1. The van der Waals surface area contributed by atoms with E-state index in [1.807, 2.05) is 0 Å². The van der Waals surface area contributed by atoms with E-state index >= 15 is 0 Å². The zero-order chi connectivity index (χ0) is 9.84. The summed E-state index contributed by atoms with van der Waals surface area (Å²) in [7, 11) is 1.67. The molecule has 0 aromatic rings. The molecule has 0 saturated carbocycles. The maximum Gasteiger partial charge on any atom is 0.275 e. The highest BCUT2D eigenvalue weighted by molar-refractivity contribution is 6.24.